The van der Waals surface area contributed by atoms with E-state index in [1.165, 1.54) is 8.61 Å². The van der Waals surface area contributed by atoms with E-state index in [4.69, 9.17) is 4.74 Å². The van der Waals surface area contributed by atoms with E-state index in [2.05, 4.69) is 0 Å². The number of rotatable bonds is 5. The molecule has 0 aromatic carbocycles. The minimum absolute atomic E-state index is 0.0157. The number of nitrogens with zero attached hydrogens (tertiary/aromatic N) is 2. The molecule has 7 heteroatoms. The van der Waals surface area contributed by atoms with Crippen molar-refractivity contribution in [1.82, 2.24) is 8.61 Å². The molecule has 0 aromatic heterocycles. The van der Waals surface area contributed by atoms with Gasteiger partial charge in [-0.1, -0.05) is 0 Å². The number of hydrogen-bond donors (Lipinski definition) is 1. The second kappa shape index (κ2) is 7.17. The molecule has 0 amide bonds. The van der Waals surface area contributed by atoms with Gasteiger partial charge in [-0.2, -0.15) is 17.0 Å². The number of likely N-dealkylation sites (N-methyl/N-ethyl adjacent to an activating group) is 1. The first-order chi connectivity index (χ1) is 9.54. The van der Waals surface area contributed by atoms with Crippen LogP contribution in [0.2, 0.25) is 0 Å². The maximum absolute atomic E-state index is 12.5. The molecule has 2 saturated heterocycles. The fourth-order valence-electron chi connectivity index (χ4n) is 2.91. The van der Waals surface area contributed by atoms with Gasteiger partial charge >= 0.3 is 0 Å². The van der Waals surface area contributed by atoms with Gasteiger partial charge in [-0.25, -0.2) is 0 Å². The Kier molecular flexibility index (Phi) is 5.80. The molecule has 2 unspecified atom stereocenters. The highest BCUT2D eigenvalue weighted by Gasteiger charge is 2.33. The summed E-state index contributed by atoms with van der Waals surface area (Å²) in [5.41, 5.74) is 0. The van der Waals surface area contributed by atoms with Gasteiger partial charge in [0.25, 0.3) is 10.2 Å². The standard InChI is InChI=1S/C13H26N2O4S/c1-14(10-13-6-2-3-8-19-13)20(17,18)15-7-4-5-12(9-15)11-16/h12-13,16H,2-11H2,1H3. The van der Waals surface area contributed by atoms with Crippen molar-refractivity contribution in [3.63, 3.8) is 0 Å². The Balaban J connectivity index is 1.93. The van der Waals surface area contributed by atoms with E-state index in [0.717, 1.165) is 38.7 Å². The van der Waals surface area contributed by atoms with Crippen LogP contribution in [0.1, 0.15) is 32.1 Å². The van der Waals surface area contributed by atoms with Crippen LogP contribution in [0, 0.1) is 5.92 Å². The smallest absolute Gasteiger partial charge is 0.281 e. The summed E-state index contributed by atoms with van der Waals surface area (Å²) in [6.07, 6.45) is 4.84. The van der Waals surface area contributed by atoms with Gasteiger partial charge in [-0.05, 0) is 38.0 Å². The van der Waals surface area contributed by atoms with Crippen molar-refractivity contribution >= 4 is 10.2 Å². The van der Waals surface area contributed by atoms with Crippen LogP contribution in [0.3, 0.4) is 0 Å². The predicted molar refractivity (Wildman–Crippen MR) is 76.5 cm³/mol. The fourth-order valence-corrected chi connectivity index (χ4v) is 4.42. The highest BCUT2D eigenvalue weighted by atomic mass is 32.2. The summed E-state index contributed by atoms with van der Waals surface area (Å²) in [5, 5.41) is 9.22. The zero-order valence-electron chi connectivity index (χ0n) is 12.2. The maximum atomic E-state index is 12.5. The lowest BCUT2D eigenvalue weighted by atomic mass is 10.0. The Labute approximate surface area is 121 Å². The Morgan fingerprint density at radius 1 is 1.30 bits per heavy atom. The van der Waals surface area contributed by atoms with E-state index in [9.17, 15) is 13.5 Å². The molecule has 0 spiro atoms. The monoisotopic (exact) mass is 306 g/mol. The van der Waals surface area contributed by atoms with Crippen molar-refractivity contribution in [3.8, 4) is 0 Å². The van der Waals surface area contributed by atoms with Crippen molar-refractivity contribution in [2.45, 2.75) is 38.2 Å². The Morgan fingerprint density at radius 2 is 2.10 bits per heavy atom. The molecule has 2 heterocycles. The zero-order valence-corrected chi connectivity index (χ0v) is 13.0. The second-order valence-corrected chi connectivity index (χ2v) is 7.86. The van der Waals surface area contributed by atoms with Gasteiger partial charge in [0.15, 0.2) is 0 Å². The molecule has 2 fully saturated rings. The van der Waals surface area contributed by atoms with Crippen LogP contribution in [0.4, 0.5) is 0 Å². The van der Waals surface area contributed by atoms with Crippen molar-refractivity contribution in [1.29, 1.82) is 0 Å². The minimum atomic E-state index is -3.43. The average molecular weight is 306 g/mol. The summed E-state index contributed by atoms with van der Waals surface area (Å²) >= 11 is 0. The molecule has 2 rings (SSSR count). The molecule has 0 aromatic rings. The highest BCUT2D eigenvalue weighted by Crippen LogP contribution is 2.21. The first kappa shape index (κ1) is 16.2. The number of ether oxygens (including phenoxy) is 1. The van der Waals surface area contributed by atoms with Gasteiger partial charge in [0, 0.05) is 39.9 Å². The Bertz CT molecular complexity index is 395. The molecule has 0 radical (unpaired) electrons. The lowest BCUT2D eigenvalue weighted by molar-refractivity contribution is 0.00772. The van der Waals surface area contributed by atoms with E-state index in [1.807, 2.05) is 0 Å². The summed E-state index contributed by atoms with van der Waals surface area (Å²) < 4.78 is 33.6. The molecule has 2 aliphatic heterocycles. The summed E-state index contributed by atoms with van der Waals surface area (Å²) in [6.45, 7) is 2.18. The molecule has 2 atom stereocenters. The first-order valence-corrected chi connectivity index (χ1v) is 8.87. The van der Waals surface area contributed by atoms with Crippen molar-refractivity contribution < 1.29 is 18.3 Å². The lowest BCUT2D eigenvalue weighted by Crippen LogP contribution is -2.49. The Morgan fingerprint density at radius 3 is 2.75 bits per heavy atom. The zero-order chi connectivity index (χ0) is 14.6. The quantitative estimate of drug-likeness (QED) is 0.800. The normalized spacial score (nSPS) is 29.8. The summed E-state index contributed by atoms with van der Waals surface area (Å²) in [7, 11) is -1.81. The lowest BCUT2D eigenvalue weighted by Gasteiger charge is -2.35. The first-order valence-electron chi connectivity index (χ1n) is 7.48. The molecule has 2 aliphatic rings. The van der Waals surface area contributed by atoms with Crippen LogP contribution in [0.5, 0.6) is 0 Å². The number of piperidine rings is 1. The largest absolute Gasteiger partial charge is 0.396 e. The van der Waals surface area contributed by atoms with Gasteiger partial charge in [0.1, 0.15) is 0 Å². The predicted octanol–water partition coefficient (Wildman–Crippen LogP) is 0.436. The third kappa shape index (κ3) is 3.92. The molecular formula is C13H26N2O4S. The molecule has 118 valence electrons. The number of hydrogen-bond acceptors (Lipinski definition) is 4. The summed E-state index contributed by atoms with van der Waals surface area (Å²) in [4.78, 5) is 0. The van der Waals surface area contributed by atoms with Gasteiger partial charge in [-0.3, -0.25) is 0 Å². The molecule has 0 bridgehead atoms. The summed E-state index contributed by atoms with van der Waals surface area (Å²) in [6, 6.07) is 0. The highest BCUT2D eigenvalue weighted by molar-refractivity contribution is 7.86. The SMILES string of the molecule is CN(CC1CCCCO1)S(=O)(=O)N1CCCC(CO)C1. The van der Waals surface area contributed by atoms with E-state index in [1.54, 1.807) is 7.05 Å². The molecule has 6 nitrogen and oxygen atoms in total. The fraction of sp³-hybridized carbons (Fsp3) is 1.00. The third-order valence-electron chi connectivity index (χ3n) is 4.19. The van der Waals surface area contributed by atoms with Crippen molar-refractivity contribution in [2.75, 3.05) is 39.9 Å². The van der Waals surface area contributed by atoms with E-state index in [0.29, 0.717) is 19.6 Å². The second-order valence-electron chi connectivity index (χ2n) is 5.83. The van der Waals surface area contributed by atoms with Crippen LogP contribution in [0.25, 0.3) is 0 Å². The molecule has 0 saturated carbocycles. The average Bonchev–Trinajstić information content (AvgIpc) is 2.48. The van der Waals surface area contributed by atoms with Gasteiger partial charge < -0.3 is 9.84 Å². The van der Waals surface area contributed by atoms with Crippen molar-refractivity contribution in [3.05, 3.63) is 0 Å². The maximum Gasteiger partial charge on any atom is 0.281 e. The van der Waals surface area contributed by atoms with E-state index in [-0.39, 0.29) is 18.6 Å². The minimum Gasteiger partial charge on any atom is -0.396 e. The topological polar surface area (TPSA) is 70.1 Å². The number of aliphatic hydroxyl groups is 1. The molecular weight excluding hydrogens is 280 g/mol. The third-order valence-corrected chi connectivity index (χ3v) is 6.12. The van der Waals surface area contributed by atoms with Gasteiger partial charge in [0.2, 0.25) is 0 Å². The molecule has 20 heavy (non-hydrogen) atoms. The van der Waals surface area contributed by atoms with Gasteiger partial charge in [-0.15, -0.1) is 0 Å². The molecule has 1 N–H and O–H groups in total. The van der Waals surface area contributed by atoms with Crippen LogP contribution >= 0.6 is 0 Å². The van der Waals surface area contributed by atoms with Crippen molar-refractivity contribution in [2.24, 2.45) is 5.92 Å². The van der Waals surface area contributed by atoms with Crippen LogP contribution in [-0.4, -0.2) is 68.1 Å². The van der Waals surface area contributed by atoms with E-state index < -0.39 is 10.2 Å². The van der Waals surface area contributed by atoms with E-state index >= 15 is 0 Å². The van der Waals surface area contributed by atoms with Crippen LogP contribution in [-0.2, 0) is 14.9 Å². The van der Waals surface area contributed by atoms with Gasteiger partial charge in [0.05, 0.1) is 6.10 Å². The van der Waals surface area contributed by atoms with Crippen LogP contribution in [0.15, 0.2) is 0 Å². The Hall–Kier alpha value is -0.210. The summed E-state index contributed by atoms with van der Waals surface area (Å²) in [5.74, 6) is 0.0675. The van der Waals surface area contributed by atoms with Crippen LogP contribution < -0.4 is 0 Å². The number of aliphatic hydroxyl groups excluding tert-OH is 1. The molecule has 0 aliphatic carbocycles.